The Morgan fingerprint density at radius 1 is 1.45 bits per heavy atom. The smallest absolute Gasteiger partial charge is 0.127 e. The van der Waals surface area contributed by atoms with Gasteiger partial charge in [-0.25, -0.2) is 0 Å². The van der Waals surface area contributed by atoms with Gasteiger partial charge in [0.1, 0.15) is 5.82 Å². The molecule has 2 aromatic heterocycles. The van der Waals surface area contributed by atoms with E-state index in [-0.39, 0.29) is 0 Å². The van der Waals surface area contributed by atoms with Crippen LogP contribution in [0.4, 0.5) is 5.82 Å². The third-order valence-electron chi connectivity index (χ3n) is 4.14. The predicted molar refractivity (Wildman–Crippen MR) is 76.0 cm³/mol. The molecular formula is C14H21N5O. The molecule has 2 aromatic rings. The van der Waals surface area contributed by atoms with Crippen molar-refractivity contribution in [3.05, 3.63) is 29.7 Å². The molecule has 0 spiro atoms. The first-order valence-corrected chi connectivity index (χ1v) is 7.14. The Morgan fingerprint density at radius 2 is 2.20 bits per heavy atom. The normalized spacial score (nSPS) is 17.7. The van der Waals surface area contributed by atoms with Gasteiger partial charge in [-0.2, -0.15) is 10.2 Å². The van der Waals surface area contributed by atoms with Crippen LogP contribution < -0.4 is 5.73 Å². The van der Waals surface area contributed by atoms with Gasteiger partial charge in [-0.1, -0.05) is 12.8 Å². The van der Waals surface area contributed by atoms with Crippen molar-refractivity contribution >= 4 is 5.82 Å². The zero-order valence-electron chi connectivity index (χ0n) is 11.7. The van der Waals surface area contributed by atoms with E-state index in [0.29, 0.717) is 23.8 Å². The fourth-order valence-corrected chi connectivity index (χ4v) is 2.89. The Kier molecular flexibility index (Phi) is 3.48. The summed E-state index contributed by atoms with van der Waals surface area (Å²) in [5.41, 5.74) is 7.44. The van der Waals surface area contributed by atoms with Crippen molar-refractivity contribution in [2.45, 2.75) is 44.2 Å². The summed E-state index contributed by atoms with van der Waals surface area (Å²) in [5, 5.41) is 18.9. The lowest BCUT2D eigenvalue weighted by atomic mass is 10.1. The Balaban J connectivity index is 1.69. The summed E-state index contributed by atoms with van der Waals surface area (Å²) >= 11 is 0. The van der Waals surface area contributed by atoms with Gasteiger partial charge in [0, 0.05) is 25.2 Å². The van der Waals surface area contributed by atoms with E-state index >= 15 is 0 Å². The number of nitrogens with two attached hydrogens (primary N) is 1. The van der Waals surface area contributed by atoms with Crippen molar-refractivity contribution in [1.29, 1.82) is 0 Å². The first-order valence-electron chi connectivity index (χ1n) is 7.14. The van der Waals surface area contributed by atoms with E-state index in [0.717, 1.165) is 5.69 Å². The number of anilines is 1. The van der Waals surface area contributed by atoms with Crippen LogP contribution in [0.3, 0.4) is 0 Å². The van der Waals surface area contributed by atoms with Crippen molar-refractivity contribution in [2.75, 3.05) is 5.73 Å². The predicted octanol–water partition coefficient (Wildman–Crippen LogP) is 1.59. The number of hydrogen-bond acceptors (Lipinski definition) is 4. The fourth-order valence-electron chi connectivity index (χ4n) is 2.89. The van der Waals surface area contributed by atoms with E-state index in [4.69, 9.17) is 5.73 Å². The highest BCUT2D eigenvalue weighted by molar-refractivity contribution is 5.40. The molecule has 6 heteroatoms. The minimum absolute atomic E-state index is 0.468. The van der Waals surface area contributed by atoms with Crippen LogP contribution in [0, 0.1) is 0 Å². The van der Waals surface area contributed by atoms with E-state index in [9.17, 15) is 5.11 Å². The minimum Gasteiger partial charge on any atom is -0.388 e. The lowest BCUT2D eigenvalue weighted by Crippen LogP contribution is -2.08. The van der Waals surface area contributed by atoms with Gasteiger partial charge in [0.15, 0.2) is 0 Å². The van der Waals surface area contributed by atoms with E-state index in [1.54, 1.807) is 17.9 Å². The fraction of sp³-hybridized carbons (Fsp3) is 0.571. The number of aromatic nitrogens is 4. The van der Waals surface area contributed by atoms with Crippen LogP contribution in [0.2, 0.25) is 0 Å². The molecule has 1 atom stereocenters. The Morgan fingerprint density at radius 3 is 2.85 bits per heavy atom. The van der Waals surface area contributed by atoms with Gasteiger partial charge in [0.2, 0.25) is 0 Å². The quantitative estimate of drug-likeness (QED) is 0.887. The number of aliphatic hydroxyl groups is 1. The lowest BCUT2D eigenvalue weighted by Gasteiger charge is -2.10. The molecule has 0 bridgehead atoms. The molecule has 6 nitrogen and oxygen atoms in total. The van der Waals surface area contributed by atoms with Crippen molar-refractivity contribution in [1.82, 2.24) is 19.6 Å². The van der Waals surface area contributed by atoms with Gasteiger partial charge in [-0.05, 0) is 18.9 Å². The second kappa shape index (κ2) is 5.28. The molecule has 3 rings (SSSR count). The molecule has 108 valence electrons. The van der Waals surface area contributed by atoms with E-state index in [1.807, 2.05) is 16.9 Å². The van der Waals surface area contributed by atoms with Crippen LogP contribution in [0.5, 0.6) is 0 Å². The van der Waals surface area contributed by atoms with Gasteiger partial charge < -0.3 is 10.8 Å². The third-order valence-corrected chi connectivity index (χ3v) is 4.14. The van der Waals surface area contributed by atoms with Crippen LogP contribution in [0.1, 0.15) is 49.1 Å². The van der Waals surface area contributed by atoms with Gasteiger partial charge in [0.05, 0.1) is 24.0 Å². The molecule has 1 aliphatic carbocycles. The molecule has 1 fully saturated rings. The van der Waals surface area contributed by atoms with Gasteiger partial charge in [-0.15, -0.1) is 0 Å². The maximum Gasteiger partial charge on any atom is 0.127 e. The van der Waals surface area contributed by atoms with Gasteiger partial charge in [0.25, 0.3) is 0 Å². The number of nitrogen functional groups attached to an aromatic ring is 1. The van der Waals surface area contributed by atoms with Crippen molar-refractivity contribution in [3.63, 3.8) is 0 Å². The average Bonchev–Trinajstić information content (AvgIpc) is 3.12. The summed E-state index contributed by atoms with van der Waals surface area (Å²) in [4.78, 5) is 0. The highest BCUT2D eigenvalue weighted by Crippen LogP contribution is 2.29. The summed E-state index contributed by atoms with van der Waals surface area (Å²) in [7, 11) is 1.76. The molecule has 3 N–H and O–H groups in total. The topological polar surface area (TPSA) is 81.9 Å². The summed E-state index contributed by atoms with van der Waals surface area (Å²) in [6.45, 7) is 0. The maximum atomic E-state index is 10.3. The van der Waals surface area contributed by atoms with Gasteiger partial charge >= 0.3 is 0 Å². The molecule has 1 saturated carbocycles. The molecule has 0 aromatic carbocycles. The largest absolute Gasteiger partial charge is 0.388 e. The lowest BCUT2D eigenvalue weighted by molar-refractivity contribution is 0.177. The molecular weight excluding hydrogens is 254 g/mol. The van der Waals surface area contributed by atoms with Crippen LogP contribution in [-0.4, -0.2) is 24.7 Å². The van der Waals surface area contributed by atoms with E-state index in [2.05, 4.69) is 10.2 Å². The Labute approximate surface area is 118 Å². The molecule has 1 unspecified atom stereocenters. The number of rotatable bonds is 4. The monoisotopic (exact) mass is 275 g/mol. The number of nitrogens with zero attached hydrogens (tertiary/aromatic N) is 4. The molecule has 2 heterocycles. The standard InChI is InChI=1S/C14H21N5O/c1-18-14(15)12(9-16-18)13(20)8-10-6-7-19(17-10)11-4-2-3-5-11/h6-7,9,11,13,20H,2-5,8,15H2,1H3. The van der Waals surface area contributed by atoms with Crippen LogP contribution in [0.25, 0.3) is 0 Å². The van der Waals surface area contributed by atoms with E-state index < -0.39 is 6.10 Å². The zero-order valence-corrected chi connectivity index (χ0v) is 11.7. The van der Waals surface area contributed by atoms with Crippen LogP contribution >= 0.6 is 0 Å². The average molecular weight is 275 g/mol. The first-order chi connectivity index (χ1) is 9.65. The maximum absolute atomic E-state index is 10.3. The van der Waals surface area contributed by atoms with Crippen molar-refractivity contribution in [3.8, 4) is 0 Å². The minimum atomic E-state index is -0.657. The SMILES string of the molecule is Cn1ncc(C(O)Cc2ccn(C3CCCC3)n2)c1N. The molecule has 0 amide bonds. The number of aliphatic hydroxyl groups excluding tert-OH is 1. The summed E-state index contributed by atoms with van der Waals surface area (Å²) in [6.07, 6.45) is 8.44. The number of aryl methyl sites for hydroxylation is 1. The number of hydrogen-bond donors (Lipinski definition) is 2. The second-order valence-electron chi connectivity index (χ2n) is 5.55. The molecule has 0 saturated heterocycles. The molecule has 1 aliphatic rings. The molecule has 20 heavy (non-hydrogen) atoms. The highest BCUT2D eigenvalue weighted by Gasteiger charge is 2.20. The van der Waals surface area contributed by atoms with Crippen molar-refractivity contribution in [2.24, 2.45) is 7.05 Å². The second-order valence-corrected chi connectivity index (χ2v) is 5.55. The van der Waals surface area contributed by atoms with Gasteiger partial charge in [-0.3, -0.25) is 9.36 Å². The Hall–Kier alpha value is -1.82. The Bertz CT molecular complexity index is 582. The molecule has 0 radical (unpaired) electrons. The summed E-state index contributed by atoms with van der Waals surface area (Å²) < 4.78 is 3.61. The van der Waals surface area contributed by atoms with Crippen molar-refractivity contribution < 1.29 is 5.11 Å². The van der Waals surface area contributed by atoms with E-state index in [1.165, 1.54) is 25.7 Å². The summed E-state index contributed by atoms with van der Waals surface area (Å²) in [6, 6.07) is 2.51. The first kappa shape index (κ1) is 13.2. The van der Waals surface area contributed by atoms with Crippen LogP contribution in [0.15, 0.2) is 18.5 Å². The third kappa shape index (κ3) is 2.43. The molecule has 0 aliphatic heterocycles. The zero-order chi connectivity index (χ0) is 14.1. The highest BCUT2D eigenvalue weighted by atomic mass is 16.3. The summed E-state index contributed by atoms with van der Waals surface area (Å²) in [5.74, 6) is 0.507. The van der Waals surface area contributed by atoms with Crippen LogP contribution in [-0.2, 0) is 13.5 Å².